The zero-order valence-electron chi connectivity index (χ0n) is 9.52. The number of carbonyl (C=O) groups is 3. The van der Waals surface area contributed by atoms with Crippen molar-refractivity contribution in [3.05, 3.63) is 0 Å². The van der Waals surface area contributed by atoms with Crippen molar-refractivity contribution < 1.29 is 184 Å². The minimum Gasteiger partial charge on any atom is -0.549 e. The molecule has 0 N–H and O–H groups in total. The summed E-state index contributed by atoms with van der Waals surface area (Å²) in [7, 11) is 0. The van der Waals surface area contributed by atoms with Crippen LogP contribution in [0.5, 0.6) is 0 Å². The van der Waals surface area contributed by atoms with Crippen molar-refractivity contribution >= 4 is 17.9 Å². The van der Waals surface area contributed by atoms with Crippen LogP contribution in [0.1, 0.15) is 0 Å². The Labute approximate surface area is 220 Å². The Bertz CT molecular complexity index is 198. The Kier molecular flexibility index (Phi) is 28.2. The molecule has 0 fully saturated rings. The van der Waals surface area contributed by atoms with Crippen molar-refractivity contribution in [1.82, 2.24) is 4.90 Å². The van der Waals surface area contributed by atoms with Gasteiger partial charge in [-0.25, -0.2) is 0 Å². The summed E-state index contributed by atoms with van der Waals surface area (Å²) in [6, 6.07) is 0. The first-order valence-corrected chi connectivity index (χ1v) is 3.23. The number of rotatable bonds is 6. The smallest absolute Gasteiger partial charge is 0.549 e. The van der Waals surface area contributed by atoms with Crippen molar-refractivity contribution in [3.8, 4) is 0 Å². The maximum Gasteiger partial charge on any atom is 1.00 e. The third-order valence-electron chi connectivity index (χ3n) is 1.06. The quantitative estimate of drug-likeness (QED) is 0.446. The van der Waals surface area contributed by atoms with E-state index in [0.29, 0.717) is 4.90 Å². The first kappa shape index (κ1) is 27.6. The SMILES string of the molecule is O=C([O-])CN(CC(=O)[O-])CC(=O)[O-].[K+].[K+].[K+]. The van der Waals surface area contributed by atoms with Crippen molar-refractivity contribution in [3.63, 3.8) is 0 Å². The third kappa shape index (κ3) is 19.6. The monoisotopic (exact) mass is 305 g/mol. The second-order valence-corrected chi connectivity index (χ2v) is 2.26. The van der Waals surface area contributed by atoms with Crippen molar-refractivity contribution in [2.45, 2.75) is 0 Å². The molecule has 0 aliphatic carbocycles. The molecule has 0 spiro atoms. The Hall–Kier alpha value is 3.28. The Morgan fingerprint density at radius 3 is 1.00 bits per heavy atom. The number of carbonyl (C=O) groups excluding carboxylic acids is 3. The predicted molar refractivity (Wildman–Crippen MR) is 31.5 cm³/mol. The fraction of sp³-hybridized carbons (Fsp3) is 0.500. The summed E-state index contributed by atoms with van der Waals surface area (Å²) in [5.41, 5.74) is 0. The Morgan fingerprint density at radius 2 is 0.875 bits per heavy atom. The number of hydrogen-bond acceptors (Lipinski definition) is 7. The van der Waals surface area contributed by atoms with Crippen molar-refractivity contribution in [2.75, 3.05) is 19.6 Å². The normalized spacial score (nSPS) is 8.06. The first-order chi connectivity index (χ1) is 5.91. The topological polar surface area (TPSA) is 124 Å². The number of carboxylic acid groups (broad SMARTS) is 3. The van der Waals surface area contributed by atoms with E-state index in [1.165, 1.54) is 0 Å². The molecular formula is C6H6K3NO6. The van der Waals surface area contributed by atoms with Gasteiger partial charge < -0.3 is 29.7 Å². The van der Waals surface area contributed by atoms with Gasteiger partial charge in [0.25, 0.3) is 0 Å². The number of hydrogen-bond donors (Lipinski definition) is 0. The summed E-state index contributed by atoms with van der Waals surface area (Å²) < 4.78 is 0. The molecule has 0 bridgehead atoms. The minimum absolute atomic E-state index is 0. The molecule has 16 heavy (non-hydrogen) atoms. The van der Waals surface area contributed by atoms with E-state index in [-0.39, 0.29) is 154 Å². The molecule has 0 aromatic carbocycles. The van der Waals surface area contributed by atoms with Gasteiger partial charge in [0.2, 0.25) is 0 Å². The molecule has 0 saturated carbocycles. The van der Waals surface area contributed by atoms with Gasteiger partial charge in [-0.05, 0) is 0 Å². The van der Waals surface area contributed by atoms with Crippen molar-refractivity contribution in [1.29, 1.82) is 0 Å². The molecular weight excluding hydrogens is 299 g/mol. The zero-order valence-corrected chi connectivity index (χ0v) is 18.9. The molecule has 0 heterocycles. The average molecular weight is 305 g/mol. The summed E-state index contributed by atoms with van der Waals surface area (Å²) >= 11 is 0. The van der Waals surface area contributed by atoms with E-state index in [9.17, 15) is 29.7 Å². The maximum atomic E-state index is 9.99. The van der Waals surface area contributed by atoms with Crippen LogP contribution in [-0.2, 0) is 14.4 Å². The summed E-state index contributed by atoms with van der Waals surface area (Å²) in [6.45, 7) is -2.37. The van der Waals surface area contributed by atoms with Gasteiger partial charge in [-0.2, -0.15) is 0 Å². The van der Waals surface area contributed by atoms with E-state index >= 15 is 0 Å². The summed E-state index contributed by atoms with van der Waals surface area (Å²) in [4.78, 5) is 30.6. The fourth-order valence-corrected chi connectivity index (χ4v) is 0.715. The van der Waals surface area contributed by atoms with E-state index in [1.807, 2.05) is 0 Å². The Balaban J connectivity index is -0.000000240. The molecule has 0 radical (unpaired) electrons. The minimum atomic E-state index is -1.57. The molecule has 0 unspecified atom stereocenters. The second-order valence-electron chi connectivity index (χ2n) is 2.26. The van der Waals surface area contributed by atoms with Crippen LogP contribution in [0.2, 0.25) is 0 Å². The Morgan fingerprint density at radius 1 is 0.688 bits per heavy atom. The first-order valence-electron chi connectivity index (χ1n) is 3.23. The average Bonchev–Trinajstić information content (AvgIpc) is 1.80. The molecule has 10 heteroatoms. The van der Waals surface area contributed by atoms with Gasteiger partial charge in [-0.1, -0.05) is 0 Å². The van der Waals surface area contributed by atoms with E-state index in [0.717, 1.165) is 0 Å². The van der Waals surface area contributed by atoms with Crippen LogP contribution in [0.25, 0.3) is 0 Å². The van der Waals surface area contributed by atoms with Crippen LogP contribution in [0.4, 0.5) is 0 Å². The van der Waals surface area contributed by atoms with Crippen molar-refractivity contribution in [2.24, 2.45) is 0 Å². The van der Waals surface area contributed by atoms with Gasteiger partial charge in [0, 0.05) is 19.6 Å². The van der Waals surface area contributed by atoms with Gasteiger partial charge in [0.1, 0.15) is 0 Å². The summed E-state index contributed by atoms with van der Waals surface area (Å²) in [5.74, 6) is -4.70. The molecule has 74 valence electrons. The van der Waals surface area contributed by atoms with Crippen LogP contribution in [0, 0.1) is 0 Å². The van der Waals surface area contributed by atoms with Crippen LogP contribution in [0.15, 0.2) is 0 Å². The van der Waals surface area contributed by atoms with E-state index in [2.05, 4.69) is 0 Å². The fourth-order valence-electron chi connectivity index (χ4n) is 0.715. The molecule has 0 amide bonds. The largest absolute Gasteiger partial charge is 1.00 e. The number of nitrogens with zero attached hydrogens (tertiary/aromatic N) is 1. The molecule has 0 saturated heterocycles. The molecule has 0 aromatic rings. The summed E-state index contributed by atoms with van der Waals surface area (Å²) in [5, 5.41) is 30.0. The van der Waals surface area contributed by atoms with Gasteiger partial charge in [-0.15, -0.1) is 0 Å². The van der Waals surface area contributed by atoms with Gasteiger partial charge >= 0.3 is 154 Å². The molecule has 0 aliphatic rings. The maximum absolute atomic E-state index is 9.99. The van der Waals surface area contributed by atoms with Gasteiger partial charge in [0.15, 0.2) is 0 Å². The van der Waals surface area contributed by atoms with E-state index in [1.54, 1.807) is 0 Å². The molecule has 0 aliphatic heterocycles. The van der Waals surface area contributed by atoms with Crippen LogP contribution in [-0.4, -0.2) is 42.4 Å². The molecule has 0 atom stereocenters. The second kappa shape index (κ2) is 16.3. The molecule has 0 rings (SSSR count). The number of aliphatic carboxylic acids is 3. The van der Waals surface area contributed by atoms with E-state index < -0.39 is 37.5 Å². The van der Waals surface area contributed by atoms with Gasteiger partial charge in [-0.3, -0.25) is 4.90 Å². The third-order valence-corrected chi connectivity index (χ3v) is 1.06. The predicted octanol–water partition coefficient (Wildman–Crippen LogP) is -14.4. The van der Waals surface area contributed by atoms with E-state index in [4.69, 9.17) is 0 Å². The van der Waals surface area contributed by atoms with Gasteiger partial charge in [0.05, 0.1) is 17.9 Å². The number of carboxylic acids is 3. The van der Waals surface area contributed by atoms with Crippen LogP contribution in [0.3, 0.4) is 0 Å². The van der Waals surface area contributed by atoms with Crippen LogP contribution >= 0.6 is 0 Å². The van der Waals surface area contributed by atoms with Crippen LogP contribution < -0.4 is 169 Å². The molecule has 0 aromatic heterocycles. The zero-order chi connectivity index (χ0) is 10.4. The summed E-state index contributed by atoms with van der Waals surface area (Å²) in [6.07, 6.45) is 0. The molecule has 7 nitrogen and oxygen atoms in total. The standard InChI is InChI=1S/C6H9NO6.3K/c8-4(9)1-7(2-5(10)11)3-6(12)13;;;/h1-3H2,(H,8,9)(H,10,11)(H,12,13);;;/q;3*+1/p-3.